The van der Waals surface area contributed by atoms with Crippen LogP contribution in [0, 0.1) is 5.41 Å². The number of thiazole rings is 1. The van der Waals surface area contributed by atoms with Crippen LogP contribution in [0.3, 0.4) is 0 Å². The van der Waals surface area contributed by atoms with Crippen molar-refractivity contribution in [3.63, 3.8) is 0 Å². The summed E-state index contributed by atoms with van der Waals surface area (Å²) in [6.45, 7) is 4.15. The van der Waals surface area contributed by atoms with Gasteiger partial charge in [-0.3, -0.25) is 5.41 Å². The van der Waals surface area contributed by atoms with E-state index in [9.17, 15) is 0 Å². The van der Waals surface area contributed by atoms with Gasteiger partial charge in [-0.2, -0.15) is 0 Å². The Hall–Kier alpha value is -1.68. The number of amidine groups is 1. The fraction of sp³-hybridized carbons (Fsp3) is 0.286. The summed E-state index contributed by atoms with van der Waals surface area (Å²) in [5, 5.41) is 8.63. The smallest absolute Gasteiger partial charge is 0.135 e. The van der Waals surface area contributed by atoms with E-state index in [4.69, 9.17) is 11.1 Å². The first-order chi connectivity index (χ1) is 8.58. The Morgan fingerprint density at radius 1 is 1.33 bits per heavy atom. The zero-order valence-electron chi connectivity index (χ0n) is 10.6. The van der Waals surface area contributed by atoms with Crippen molar-refractivity contribution in [3.8, 4) is 0 Å². The number of nitrogen functional groups attached to an aromatic ring is 1. The summed E-state index contributed by atoms with van der Waals surface area (Å²) < 4.78 is 0. The number of hydrogen-bond donors (Lipinski definition) is 2. The Bertz CT molecular complexity index is 543. The summed E-state index contributed by atoms with van der Waals surface area (Å²) in [5.74, 6) is 0.417. The van der Waals surface area contributed by atoms with E-state index in [1.54, 1.807) is 0 Å². The molecule has 2 aromatic rings. The molecule has 2 rings (SSSR count). The number of rotatable bonds is 4. The van der Waals surface area contributed by atoms with Crippen molar-refractivity contribution in [3.05, 3.63) is 51.5 Å². The fourth-order valence-electron chi connectivity index (χ4n) is 1.81. The number of nitrogens with zero attached hydrogens (tertiary/aromatic N) is 1. The van der Waals surface area contributed by atoms with Crippen LogP contribution >= 0.6 is 11.3 Å². The highest BCUT2D eigenvalue weighted by atomic mass is 32.1. The molecule has 0 aliphatic rings. The van der Waals surface area contributed by atoms with Crippen molar-refractivity contribution in [2.75, 3.05) is 0 Å². The summed E-state index contributed by atoms with van der Waals surface area (Å²) in [6, 6.07) is 10.2. The Balaban J connectivity index is 2.30. The Labute approximate surface area is 111 Å². The van der Waals surface area contributed by atoms with Gasteiger partial charge >= 0.3 is 0 Å². The normalized spacial score (nSPS) is 10.8. The van der Waals surface area contributed by atoms with Crippen LogP contribution < -0.4 is 5.73 Å². The number of benzene rings is 1. The molecule has 0 saturated heterocycles. The van der Waals surface area contributed by atoms with Gasteiger partial charge in [0.15, 0.2) is 0 Å². The predicted octanol–water partition coefficient (Wildman–Crippen LogP) is 3.14. The van der Waals surface area contributed by atoms with E-state index in [2.05, 4.69) is 31.0 Å². The first-order valence-corrected chi connectivity index (χ1v) is 6.77. The minimum atomic E-state index is 0.121. The van der Waals surface area contributed by atoms with E-state index >= 15 is 0 Å². The van der Waals surface area contributed by atoms with Crippen molar-refractivity contribution in [2.45, 2.75) is 26.2 Å². The third-order valence-corrected chi connectivity index (χ3v) is 3.79. The molecule has 0 bridgehead atoms. The first-order valence-electron chi connectivity index (χ1n) is 5.96. The molecule has 4 heteroatoms. The van der Waals surface area contributed by atoms with Gasteiger partial charge in [0, 0.05) is 6.42 Å². The molecule has 3 N–H and O–H groups in total. The van der Waals surface area contributed by atoms with Crippen LogP contribution in [0.15, 0.2) is 30.3 Å². The molecule has 18 heavy (non-hydrogen) atoms. The predicted molar refractivity (Wildman–Crippen MR) is 76.5 cm³/mol. The van der Waals surface area contributed by atoms with Gasteiger partial charge in [0.05, 0.1) is 15.6 Å². The fourth-order valence-corrected chi connectivity index (χ4v) is 2.92. The second kappa shape index (κ2) is 5.31. The summed E-state index contributed by atoms with van der Waals surface area (Å²) in [4.78, 5) is 5.44. The van der Waals surface area contributed by atoms with Crippen LogP contribution in [-0.4, -0.2) is 10.8 Å². The second-order valence-electron chi connectivity index (χ2n) is 4.55. The largest absolute Gasteiger partial charge is 0.383 e. The Kier molecular flexibility index (Phi) is 3.77. The van der Waals surface area contributed by atoms with Gasteiger partial charge in [-0.1, -0.05) is 44.2 Å². The minimum absolute atomic E-state index is 0.121. The van der Waals surface area contributed by atoms with E-state index in [0.717, 1.165) is 22.0 Å². The van der Waals surface area contributed by atoms with Gasteiger partial charge in [0.2, 0.25) is 0 Å². The van der Waals surface area contributed by atoms with Gasteiger partial charge in [-0.05, 0) is 11.5 Å². The maximum atomic E-state index is 7.61. The maximum absolute atomic E-state index is 7.61. The molecule has 1 aromatic carbocycles. The lowest BCUT2D eigenvalue weighted by molar-refractivity contribution is 0.822. The zero-order chi connectivity index (χ0) is 13.1. The molecule has 0 unspecified atom stereocenters. The molecule has 0 aliphatic carbocycles. The van der Waals surface area contributed by atoms with Crippen LogP contribution in [0.1, 0.15) is 40.9 Å². The summed E-state index contributed by atoms with van der Waals surface area (Å²) in [5.41, 5.74) is 7.79. The third kappa shape index (κ3) is 2.76. The number of hydrogen-bond acceptors (Lipinski definition) is 3. The molecule has 94 valence electrons. The van der Waals surface area contributed by atoms with Crippen molar-refractivity contribution in [1.82, 2.24) is 4.98 Å². The molecule has 1 aromatic heterocycles. The van der Waals surface area contributed by atoms with Crippen LogP contribution in [0.2, 0.25) is 0 Å². The van der Waals surface area contributed by atoms with E-state index in [1.165, 1.54) is 16.9 Å². The average Bonchev–Trinajstić information content (AvgIpc) is 2.74. The molecule has 3 nitrogen and oxygen atoms in total. The van der Waals surface area contributed by atoms with E-state index < -0.39 is 0 Å². The van der Waals surface area contributed by atoms with Gasteiger partial charge in [-0.15, -0.1) is 11.3 Å². The van der Waals surface area contributed by atoms with Crippen molar-refractivity contribution < 1.29 is 0 Å². The van der Waals surface area contributed by atoms with E-state index in [1.807, 2.05) is 18.2 Å². The number of nitrogens with two attached hydrogens (primary N) is 1. The zero-order valence-corrected chi connectivity index (χ0v) is 11.4. The lowest BCUT2D eigenvalue weighted by atomic mass is 10.1. The molecule has 0 aliphatic heterocycles. The van der Waals surface area contributed by atoms with Crippen LogP contribution in [0.4, 0.5) is 0 Å². The Morgan fingerprint density at radius 3 is 2.50 bits per heavy atom. The second-order valence-corrected chi connectivity index (χ2v) is 5.64. The molecule has 0 atom stereocenters. The molecular weight excluding hydrogens is 242 g/mol. The van der Waals surface area contributed by atoms with E-state index in [-0.39, 0.29) is 5.84 Å². The minimum Gasteiger partial charge on any atom is -0.383 e. The first kappa shape index (κ1) is 12.8. The van der Waals surface area contributed by atoms with Gasteiger partial charge in [0.25, 0.3) is 0 Å². The number of aromatic nitrogens is 1. The lowest BCUT2D eigenvalue weighted by Crippen LogP contribution is -2.12. The third-order valence-electron chi connectivity index (χ3n) is 2.69. The molecule has 0 spiro atoms. The average molecular weight is 259 g/mol. The highest BCUT2D eigenvalue weighted by molar-refractivity contribution is 7.13. The van der Waals surface area contributed by atoms with Gasteiger partial charge in [-0.25, -0.2) is 4.98 Å². The summed E-state index contributed by atoms with van der Waals surface area (Å²) in [7, 11) is 0. The van der Waals surface area contributed by atoms with Gasteiger partial charge in [0.1, 0.15) is 5.84 Å². The van der Waals surface area contributed by atoms with Crippen LogP contribution in [0.25, 0.3) is 0 Å². The number of nitrogens with one attached hydrogen (secondary N) is 1. The standard InChI is InChI=1S/C14H17N3S/c1-9(2)12-13(14(15)16)18-11(17-12)8-10-6-4-3-5-7-10/h3-7,9H,8H2,1-2H3,(H3,15,16). The monoisotopic (exact) mass is 259 g/mol. The van der Waals surface area contributed by atoms with Crippen LogP contribution in [0.5, 0.6) is 0 Å². The molecular formula is C14H17N3S. The molecule has 0 saturated carbocycles. The highest BCUT2D eigenvalue weighted by Gasteiger charge is 2.16. The summed E-state index contributed by atoms with van der Waals surface area (Å²) >= 11 is 1.53. The molecule has 0 amide bonds. The topological polar surface area (TPSA) is 62.8 Å². The molecule has 0 fully saturated rings. The quantitative estimate of drug-likeness (QED) is 0.654. The van der Waals surface area contributed by atoms with Gasteiger partial charge < -0.3 is 5.73 Å². The lowest BCUT2D eigenvalue weighted by Gasteiger charge is -2.02. The van der Waals surface area contributed by atoms with Crippen molar-refractivity contribution >= 4 is 17.2 Å². The van der Waals surface area contributed by atoms with Crippen LogP contribution in [-0.2, 0) is 6.42 Å². The SMILES string of the molecule is CC(C)c1nc(Cc2ccccc2)sc1C(=N)N. The summed E-state index contributed by atoms with van der Waals surface area (Å²) in [6.07, 6.45) is 0.804. The highest BCUT2D eigenvalue weighted by Crippen LogP contribution is 2.26. The Morgan fingerprint density at radius 2 is 2.00 bits per heavy atom. The molecule has 0 radical (unpaired) electrons. The maximum Gasteiger partial charge on any atom is 0.135 e. The van der Waals surface area contributed by atoms with Crippen molar-refractivity contribution in [2.24, 2.45) is 5.73 Å². The van der Waals surface area contributed by atoms with Crippen molar-refractivity contribution in [1.29, 1.82) is 5.41 Å². The van der Waals surface area contributed by atoms with E-state index in [0.29, 0.717) is 5.92 Å². The molecule has 1 heterocycles.